The maximum atomic E-state index is 12.6. The summed E-state index contributed by atoms with van der Waals surface area (Å²) in [5.41, 5.74) is 5.41. The number of hydrogen-bond donors (Lipinski definition) is 1. The molecule has 0 aromatic carbocycles. The highest BCUT2D eigenvalue weighted by atomic mass is 19.4. The molecule has 1 aromatic rings. The van der Waals surface area contributed by atoms with E-state index in [0.29, 0.717) is 13.1 Å². The van der Waals surface area contributed by atoms with Crippen molar-refractivity contribution in [2.45, 2.75) is 25.1 Å². The highest BCUT2D eigenvalue weighted by molar-refractivity contribution is 5.47. The van der Waals surface area contributed by atoms with E-state index < -0.39 is 12.0 Å². The van der Waals surface area contributed by atoms with Gasteiger partial charge < -0.3 is 15.4 Å². The van der Waals surface area contributed by atoms with Crippen LogP contribution in [-0.2, 0) is 10.9 Å². The van der Waals surface area contributed by atoms with Gasteiger partial charge in [0.2, 0.25) is 5.82 Å². The van der Waals surface area contributed by atoms with E-state index in [1.165, 1.54) is 6.07 Å². The molecule has 0 unspecified atom stereocenters. The van der Waals surface area contributed by atoms with Crippen LogP contribution in [0.15, 0.2) is 6.07 Å². The first-order valence-corrected chi connectivity index (χ1v) is 5.89. The number of nitrogen functional groups attached to an aromatic ring is 1. The standard InChI is InChI=1S/C11H15F3N4O/c1-19-7-2-4-18(5-3-7)9-6-8(15)16-10(17-9)11(12,13)14/h6-7H,2-5H2,1H3,(H2,15,16,17). The van der Waals surface area contributed by atoms with Crippen molar-refractivity contribution in [1.82, 2.24) is 9.97 Å². The highest BCUT2D eigenvalue weighted by Gasteiger charge is 2.36. The molecule has 1 aromatic heterocycles. The predicted octanol–water partition coefficient (Wildman–Crippen LogP) is 1.69. The minimum atomic E-state index is -4.59. The van der Waals surface area contributed by atoms with Crippen molar-refractivity contribution in [1.29, 1.82) is 0 Å². The molecule has 1 aliphatic rings. The van der Waals surface area contributed by atoms with Gasteiger partial charge in [0.25, 0.3) is 0 Å². The molecule has 0 amide bonds. The van der Waals surface area contributed by atoms with Crippen LogP contribution in [0.2, 0.25) is 0 Å². The summed E-state index contributed by atoms with van der Waals surface area (Å²) in [6, 6.07) is 1.36. The number of anilines is 2. The molecule has 2 rings (SSSR count). The molecule has 0 saturated carbocycles. The number of ether oxygens (including phenoxy) is 1. The van der Waals surface area contributed by atoms with E-state index in [1.807, 2.05) is 0 Å². The molecule has 0 spiro atoms. The Kier molecular flexibility index (Phi) is 3.79. The molecule has 5 nitrogen and oxygen atoms in total. The first-order chi connectivity index (χ1) is 8.90. The van der Waals surface area contributed by atoms with Crippen molar-refractivity contribution in [2.24, 2.45) is 0 Å². The smallest absolute Gasteiger partial charge is 0.384 e. The van der Waals surface area contributed by atoms with Gasteiger partial charge in [0, 0.05) is 26.3 Å². The SMILES string of the molecule is COC1CCN(c2cc(N)nc(C(F)(F)F)n2)CC1. The van der Waals surface area contributed by atoms with Gasteiger partial charge in [-0.1, -0.05) is 0 Å². The fourth-order valence-corrected chi connectivity index (χ4v) is 2.06. The van der Waals surface area contributed by atoms with Gasteiger partial charge in [-0.3, -0.25) is 0 Å². The van der Waals surface area contributed by atoms with Crippen molar-refractivity contribution in [3.05, 3.63) is 11.9 Å². The molecule has 2 heterocycles. The molecule has 2 N–H and O–H groups in total. The zero-order valence-electron chi connectivity index (χ0n) is 10.4. The summed E-state index contributed by atoms with van der Waals surface area (Å²) in [7, 11) is 1.63. The number of piperidine rings is 1. The van der Waals surface area contributed by atoms with E-state index in [-0.39, 0.29) is 17.7 Å². The van der Waals surface area contributed by atoms with Gasteiger partial charge in [-0.15, -0.1) is 0 Å². The van der Waals surface area contributed by atoms with E-state index in [1.54, 1.807) is 12.0 Å². The number of aromatic nitrogens is 2. The number of rotatable bonds is 2. The summed E-state index contributed by atoms with van der Waals surface area (Å²) in [5, 5.41) is 0. The van der Waals surface area contributed by atoms with Crippen LogP contribution < -0.4 is 10.6 Å². The van der Waals surface area contributed by atoms with Crippen molar-refractivity contribution < 1.29 is 17.9 Å². The average Bonchev–Trinajstić information content (AvgIpc) is 2.37. The van der Waals surface area contributed by atoms with E-state index in [2.05, 4.69) is 9.97 Å². The van der Waals surface area contributed by atoms with Crippen molar-refractivity contribution in [3.63, 3.8) is 0 Å². The summed E-state index contributed by atoms with van der Waals surface area (Å²) >= 11 is 0. The second-order valence-corrected chi connectivity index (χ2v) is 4.39. The fraction of sp³-hybridized carbons (Fsp3) is 0.636. The number of hydrogen-bond acceptors (Lipinski definition) is 5. The molecule has 0 atom stereocenters. The summed E-state index contributed by atoms with van der Waals surface area (Å²) < 4.78 is 43.1. The molecular formula is C11H15F3N4O. The van der Waals surface area contributed by atoms with Crippen LogP contribution in [0.4, 0.5) is 24.8 Å². The first-order valence-electron chi connectivity index (χ1n) is 5.89. The molecule has 1 fully saturated rings. The lowest BCUT2D eigenvalue weighted by Gasteiger charge is -2.32. The van der Waals surface area contributed by atoms with Crippen molar-refractivity contribution >= 4 is 11.6 Å². The number of nitrogens with two attached hydrogens (primary N) is 1. The Labute approximate surface area is 108 Å². The van der Waals surface area contributed by atoms with Crippen LogP contribution in [0.1, 0.15) is 18.7 Å². The van der Waals surface area contributed by atoms with E-state index in [9.17, 15) is 13.2 Å². The maximum Gasteiger partial charge on any atom is 0.451 e. The third kappa shape index (κ3) is 3.25. The second kappa shape index (κ2) is 5.20. The fourth-order valence-electron chi connectivity index (χ4n) is 2.06. The molecule has 1 aliphatic heterocycles. The topological polar surface area (TPSA) is 64.3 Å². The molecule has 0 bridgehead atoms. The zero-order valence-corrected chi connectivity index (χ0v) is 10.4. The lowest BCUT2D eigenvalue weighted by molar-refractivity contribution is -0.144. The summed E-state index contributed by atoms with van der Waals surface area (Å²) in [5.74, 6) is -1.16. The Bertz CT molecular complexity index is 444. The minimum Gasteiger partial charge on any atom is -0.384 e. The van der Waals surface area contributed by atoms with Gasteiger partial charge >= 0.3 is 6.18 Å². The Balaban J connectivity index is 2.19. The van der Waals surface area contributed by atoms with Crippen LogP contribution in [0, 0.1) is 0 Å². The van der Waals surface area contributed by atoms with Crippen LogP contribution >= 0.6 is 0 Å². The van der Waals surface area contributed by atoms with Gasteiger partial charge in [0.05, 0.1) is 6.10 Å². The van der Waals surface area contributed by atoms with Crippen LogP contribution in [0.3, 0.4) is 0 Å². The normalized spacial score (nSPS) is 17.8. The molecule has 19 heavy (non-hydrogen) atoms. The van der Waals surface area contributed by atoms with Crippen LogP contribution in [0.5, 0.6) is 0 Å². The summed E-state index contributed by atoms with van der Waals surface area (Å²) in [6.07, 6.45) is -2.93. The number of alkyl halides is 3. The number of methoxy groups -OCH3 is 1. The molecular weight excluding hydrogens is 261 g/mol. The zero-order chi connectivity index (χ0) is 14.0. The van der Waals surface area contributed by atoms with Crippen LogP contribution in [0.25, 0.3) is 0 Å². The average molecular weight is 276 g/mol. The first kappa shape index (κ1) is 13.9. The summed E-state index contributed by atoms with van der Waals surface area (Å²) in [4.78, 5) is 8.54. The molecule has 106 valence electrons. The molecule has 0 aliphatic carbocycles. The maximum absolute atomic E-state index is 12.6. The number of nitrogens with zero attached hydrogens (tertiary/aromatic N) is 3. The van der Waals surface area contributed by atoms with Gasteiger partial charge in [0.1, 0.15) is 11.6 Å². The third-order valence-corrected chi connectivity index (χ3v) is 3.09. The largest absolute Gasteiger partial charge is 0.451 e. The third-order valence-electron chi connectivity index (χ3n) is 3.09. The number of halogens is 3. The van der Waals surface area contributed by atoms with Crippen molar-refractivity contribution in [2.75, 3.05) is 30.8 Å². The van der Waals surface area contributed by atoms with Crippen LogP contribution in [-0.4, -0.2) is 36.3 Å². The van der Waals surface area contributed by atoms with Crippen molar-refractivity contribution in [3.8, 4) is 0 Å². The summed E-state index contributed by atoms with van der Waals surface area (Å²) in [6.45, 7) is 1.18. The highest BCUT2D eigenvalue weighted by Crippen LogP contribution is 2.29. The lowest BCUT2D eigenvalue weighted by atomic mass is 10.1. The second-order valence-electron chi connectivity index (χ2n) is 4.39. The van der Waals surface area contributed by atoms with E-state index in [0.717, 1.165) is 12.8 Å². The van der Waals surface area contributed by atoms with E-state index in [4.69, 9.17) is 10.5 Å². The minimum absolute atomic E-state index is 0.150. The monoisotopic (exact) mass is 276 g/mol. The molecule has 8 heteroatoms. The quantitative estimate of drug-likeness (QED) is 0.890. The Morgan fingerprint density at radius 3 is 2.47 bits per heavy atom. The molecule has 0 radical (unpaired) electrons. The lowest BCUT2D eigenvalue weighted by Crippen LogP contribution is -2.37. The van der Waals surface area contributed by atoms with Gasteiger partial charge in [-0.05, 0) is 12.8 Å². The Morgan fingerprint density at radius 1 is 1.32 bits per heavy atom. The van der Waals surface area contributed by atoms with Gasteiger partial charge in [0.15, 0.2) is 0 Å². The van der Waals surface area contributed by atoms with E-state index >= 15 is 0 Å². The van der Waals surface area contributed by atoms with Gasteiger partial charge in [-0.25, -0.2) is 9.97 Å². The predicted molar refractivity (Wildman–Crippen MR) is 63.7 cm³/mol. The van der Waals surface area contributed by atoms with Gasteiger partial charge in [-0.2, -0.15) is 13.2 Å². The molecule has 1 saturated heterocycles. The Morgan fingerprint density at radius 2 is 1.95 bits per heavy atom. The Hall–Kier alpha value is -1.57.